The number of oxime groups is 1. The zero-order valence-electron chi connectivity index (χ0n) is 10.3. The second kappa shape index (κ2) is 5.75. The molecule has 0 aliphatic rings. The third-order valence-corrected chi connectivity index (χ3v) is 3.11. The molecule has 98 valence electrons. The van der Waals surface area contributed by atoms with Crippen molar-refractivity contribution < 1.29 is 9.94 Å². The smallest absolute Gasteiger partial charge is 0.170 e. The zero-order valence-corrected chi connectivity index (χ0v) is 11.9. The Labute approximate surface area is 119 Å². The molecule has 19 heavy (non-hydrogen) atoms. The third-order valence-electron chi connectivity index (χ3n) is 2.61. The van der Waals surface area contributed by atoms with Crippen molar-refractivity contribution in [1.29, 1.82) is 0 Å². The highest BCUT2D eigenvalue weighted by atomic mass is 79.9. The Hall–Kier alpha value is -2.01. The van der Waals surface area contributed by atoms with Crippen LogP contribution in [0.5, 0.6) is 11.5 Å². The summed E-state index contributed by atoms with van der Waals surface area (Å²) < 4.78 is 6.69. The van der Waals surface area contributed by atoms with E-state index in [9.17, 15) is 0 Å². The highest BCUT2D eigenvalue weighted by molar-refractivity contribution is 9.10. The molecule has 0 unspecified atom stereocenters. The van der Waals surface area contributed by atoms with Crippen LogP contribution in [0.15, 0.2) is 52.1 Å². The monoisotopic (exact) mass is 320 g/mol. The number of nitrogens with two attached hydrogens (primary N) is 1. The lowest BCUT2D eigenvalue weighted by Gasteiger charge is -2.09. The van der Waals surface area contributed by atoms with Crippen molar-refractivity contribution in [2.45, 2.75) is 6.92 Å². The summed E-state index contributed by atoms with van der Waals surface area (Å²) in [5.74, 6) is 1.53. The Kier molecular flexibility index (Phi) is 4.06. The van der Waals surface area contributed by atoms with E-state index in [1.54, 1.807) is 12.1 Å². The molecule has 2 aromatic carbocycles. The van der Waals surface area contributed by atoms with Crippen LogP contribution in [0.4, 0.5) is 0 Å². The van der Waals surface area contributed by atoms with Crippen LogP contribution in [0.1, 0.15) is 11.1 Å². The quantitative estimate of drug-likeness (QED) is 0.392. The van der Waals surface area contributed by atoms with Gasteiger partial charge in [0.05, 0.1) is 0 Å². The molecular weight excluding hydrogens is 308 g/mol. The molecule has 0 spiro atoms. The van der Waals surface area contributed by atoms with E-state index in [1.807, 2.05) is 37.3 Å². The maximum atomic E-state index is 8.67. The van der Waals surface area contributed by atoms with Gasteiger partial charge in [-0.05, 0) is 48.9 Å². The maximum absolute atomic E-state index is 8.67. The van der Waals surface area contributed by atoms with Crippen molar-refractivity contribution in [2.75, 3.05) is 0 Å². The van der Waals surface area contributed by atoms with Crippen molar-refractivity contribution in [2.24, 2.45) is 10.9 Å². The molecule has 0 amide bonds. The molecule has 5 heteroatoms. The number of amidine groups is 1. The molecule has 2 aromatic rings. The van der Waals surface area contributed by atoms with Crippen LogP contribution in [-0.4, -0.2) is 11.0 Å². The first kappa shape index (κ1) is 13.4. The molecule has 2 rings (SSSR count). The van der Waals surface area contributed by atoms with Crippen LogP contribution in [0.2, 0.25) is 0 Å². The molecule has 0 aromatic heterocycles. The summed E-state index contributed by atoms with van der Waals surface area (Å²) >= 11 is 3.39. The van der Waals surface area contributed by atoms with Crippen LogP contribution < -0.4 is 10.5 Å². The van der Waals surface area contributed by atoms with Gasteiger partial charge in [0.15, 0.2) is 5.84 Å². The molecular formula is C14H13BrN2O2. The number of benzene rings is 2. The van der Waals surface area contributed by atoms with Crippen molar-refractivity contribution in [1.82, 2.24) is 0 Å². The summed E-state index contributed by atoms with van der Waals surface area (Å²) in [4.78, 5) is 0. The van der Waals surface area contributed by atoms with Gasteiger partial charge in [0.1, 0.15) is 11.5 Å². The number of hydrogen-bond acceptors (Lipinski definition) is 3. The average molecular weight is 321 g/mol. The lowest BCUT2D eigenvalue weighted by molar-refractivity contribution is 0.318. The Morgan fingerprint density at radius 3 is 2.58 bits per heavy atom. The van der Waals surface area contributed by atoms with Crippen molar-refractivity contribution in [3.05, 3.63) is 58.1 Å². The highest BCUT2D eigenvalue weighted by Crippen LogP contribution is 2.26. The highest BCUT2D eigenvalue weighted by Gasteiger charge is 2.06. The van der Waals surface area contributed by atoms with Crippen LogP contribution in [0.3, 0.4) is 0 Å². The van der Waals surface area contributed by atoms with Gasteiger partial charge < -0.3 is 15.7 Å². The lowest BCUT2D eigenvalue weighted by atomic mass is 10.1. The van der Waals surface area contributed by atoms with E-state index in [1.165, 1.54) is 0 Å². The minimum absolute atomic E-state index is 0.0894. The lowest BCUT2D eigenvalue weighted by Crippen LogP contribution is -2.14. The largest absolute Gasteiger partial charge is 0.457 e. The Bertz CT molecular complexity index is 627. The summed E-state index contributed by atoms with van der Waals surface area (Å²) in [6, 6.07) is 13.0. The van der Waals surface area contributed by atoms with Gasteiger partial charge in [0.2, 0.25) is 0 Å². The van der Waals surface area contributed by atoms with E-state index in [4.69, 9.17) is 15.7 Å². The first-order chi connectivity index (χ1) is 9.10. The van der Waals surface area contributed by atoms with Gasteiger partial charge >= 0.3 is 0 Å². The van der Waals surface area contributed by atoms with Crippen LogP contribution in [0.25, 0.3) is 0 Å². The molecule has 0 heterocycles. The SMILES string of the molecule is Cc1cc(Oc2cccc(Br)c2)ccc1/C(N)=N/O. The maximum Gasteiger partial charge on any atom is 0.170 e. The topological polar surface area (TPSA) is 67.8 Å². The molecule has 0 aliphatic heterocycles. The first-order valence-electron chi connectivity index (χ1n) is 5.62. The van der Waals surface area contributed by atoms with Gasteiger partial charge in [0.25, 0.3) is 0 Å². The number of aryl methyl sites for hydroxylation is 1. The third kappa shape index (κ3) is 3.26. The standard InChI is InChI=1S/C14H13BrN2O2/c1-9-7-12(5-6-13(9)14(16)17-18)19-11-4-2-3-10(15)8-11/h2-8,18H,1H3,(H2,16,17). The number of nitrogens with zero attached hydrogens (tertiary/aromatic N) is 1. The normalized spacial score (nSPS) is 11.4. The van der Waals surface area contributed by atoms with Gasteiger partial charge in [0, 0.05) is 10.0 Å². The molecule has 0 fully saturated rings. The van der Waals surface area contributed by atoms with Crippen molar-refractivity contribution in [3.8, 4) is 11.5 Å². The first-order valence-corrected chi connectivity index (χ1v) is 6.41. The average Bonchev–Trinajstić information content (AvgIpc) is 2.38. The van der Waals surface area contributed by atoms with E-state index >= 15 is 0 Å². The molecule has 0 saturated carbocycles. The zero-order chi connectivity index (χ0) is 13.8. The molecule has 0 atom stereocenters. The Morgan fingerprint density at radius 1 is 1.21 bits per heavy atom. The van der Waals surface area contributed by atoms with E-state index < -0.39 is 0 Å². The van der Waals surface area contributed by atoms with E-state index in [-0.39, 0.29) is 5.84 Å². The van der Waals surface area contributed by atoms with Crippen molar-refractivity contribution >= 4 is 21.8 Å². The van der Waals surface area contributed by atoms with Crippen molar-refractivity contribution in [3.63, 3.8) is 0 Å². The summed E-state index contributed by atoms with van der Waals surface area (Å²) in [6.07, 6.45) is 0. The van der Waals surface area contributed by atoms with Gasteiger partial charge in [-0.3, -0.25) is 0 Å². The molecule has 3 N–H and O–H groups in total. The molecule has 0 radical (unpaired) electrons. The van der Waals surface area contributed by atoms with Crippen LogP contribution in [-0.2, 0) is 0 Å². The van der Waals surface area contributed by atoms with Crippen LogP contribution >= 0.6 is 15.9 Å². The molecule has 0 bridgehead atoms. The van der Waals surface area contributed by atoms with E-state index in [0.717, 1.165) is 15.8 Å². The summed E-state index contributed by atoms with van der Waals surface area (Å²) in [5, 5.41) is 11.7. The van der Waals surface area contributed by atoms with E-state index in [0.29, 0.717) is 11.3 Å². The fourth-order valence-electron chi connectivity index (χ4n) is 1.71. The second-order valence-corrected chi connectivity index (χ2v) is 4.94. The predicted molar refractivity (Wildman–Crippen MR) is 77.9 cm³/mol. The Balaban J connectivity index is 2.26. The second-order valence-electron chi connectivity index (χ2n) is 4.02. The number of ether oxygens (including phenoxy) is 1. The molecule has 4 nitrogen and oxygen atoms in total. The minimum atomic E-state index is 0.0894. The molecule has 0 saturated heterocycles. The number of rotatable bonds is 3. The van der Waals surface area contributed by atoms with Gasteiger partial charge in [-0.25, -0.2) is 0 Å². The van der Waals surface area contributed by atoms with Crippen LogP contribution in [0, 0.1) is 6.92 Å². The fraction of sp³-hybridized carbons (Fsp3) is 0.0714. The minimum Gasteiger partial charge on any atom is -0.457 e. The van der Waals surface area contributed by atoms with E-state index in [2.05, 4.69) is 21.1 Å². The summed E-state index contributed by atoms with van der Waals surface area (Å²) in [5.41, 5.74) is 7.13. The Morgan fingerprint density at radius 2 is 1.95 bits per heavy atom. The molecule has 0 aliphatic carbocycles. The van der Waals surface area contributed by atoms with Gasteiger partial charge in [-0.15, -0.1) is 0 Å². The summed E-state index contributed by atoms with van der Waals surface area (Å²) in [6.45, 7) is 1.88. The van der Waals surface area contributed by atoms with Gasteiger partial charge in [-0.2, -0.15) is 0 Å². The number of halogens is 1. The fourth-order valence-corrected chi connectivity index (χ4v) is 2.09. The van der Waals surface area contributed by atoms with Gasteiger partial charge in [-0.1, -0.05) is 27.2 Å². The predicted octanol–water partition coefficient (Wildman–Crippen LogP) is 3.64. The number of hydrogen-bond donors (Lipinski definition) is 2. The summed E-state index contributed by atoms with van der Waals surface area (Å²) in [7, 11) is 0.